The maximum atomic E-state index is 5.23. The number of hydrogen-bond acceptors (Lipinski definition) is 5. The minimum atomic E-state index is -0.166. The molecule has 0 saturated carbocycles. The Hall–Kier alpha value is -6.69. The number of aromatic nitrogens is 2. The van der Waals surface area contributed by atoms with Crippen molar-refractivity contribution in [2.24, 2.45) is 4.99 Å². The molecule has 0 aliphatic carbocycles. The maximum Gasteiger partial charge on any atom is 0.150 e. The van der Waals surface area contributed by atoms with E-state index in [4.69, 9.17) is 15.0 Å². The molecule has 1 aliphatic heterocycles. The third-order valence-electron chi connectivity index (χ3n) is 10.5. The van der Waals surface area contributed by atoms with Crippen LogP contribution in [0.3, 0.4) is 0 Å². The van der Waals surface area contributed by atoms with E-state index in [0.29, 0.717) is 0 Å². The molecule has 5 nitrogen and oxygen atoms in total. The van der Waals surface area contributed by atoms with Crippen LogP contribution in [0.1, 0.15) is 29.2 Å². The van der Waals surface area contributed by atoms with E-state index in [2.05, 4.69) is 187 Å². The highest BCUT2D eigenvalue weighted by atomic mass is 15.4. The zero-order valence-corrected chi connectivity index (χ0v) is 29.2. The van der Waals surface area contributed by atoms with Gasteiger partial charge in [0, 0.05) is 16.3 Å². The van der Waals surface area contributed by atoms with E-state index in [9.17, 15) is 0 Å². The zero-order valence-electron chi connectivity index (χ0n) is 29.2. The molecule has 5 heteroatoms. The number of fused-ring (bicyclic) bond motifs is 5. The first-order valence-electron chi connectivity index (χ1n) is 18.1. The minimum Gasteiger partial charge on any atom is -0.349 e. The van der Waals surface area contributed by atoms with Gasteiger partial charge in [0.05, 0.1) is 16.7 Å². The Morgan fingerprint density at radius 2 is 1.04 bits per heavy atom. The summed E-state index contributed by atoms with van der Waals surface area (Å²) in [6.45, 7) is 0. The van der Waals surface area contributed by atoms with Crippen molar-refractivity contribution >= 4 is 49.2 Å². The second-order valence-electron chi connectivity index (χ2n) is 13.8. The lowest BCUT2D eigenvalue weighted by Crippen LogP contribution is -2.46. The first-order chi connectivity index (χ1) is 26.2. The fraction of sp³-hybridized carbons (Fsp3) is 0.0625. The topological polar surface area (TPSA) is 53.4 Å². The molecule has 0 bridgehead atoms. The normalized spacial score (nSPS) is 16.2. The van der Waals surface area contributed by atoms with Gasteiger partial charge in [-0.05, 0) is 81.2 Å². The van der Waals surface area contributed by atoms with Crippen LogP contribution in [0.5, 0.6) is 0 Å². The second-order valence-corrected chi connectivity index (χ2v) is 13.8. The number of nitrogens with zero attached hydrogens (tertiary/aromatic N) is 4. The summed E-state index contributed by atoms with van der Waals surface area (Å²) in [6.07, 6.45) is -0.238. The zero-order chi connectivity index (χ0) is 35.3. The lowest BCUT2D eigenvalue weighted by molar-refractivity contribution is 0.152. The van der Waals surface area contributed by atoms with E-state index in [1.54, 1.807) is 0 Å². The molecule has 2 aromatic heterocycles. The Labute approximate surface area is 307 Å². The molecular weight excluding hydrogens is 647 g/mol. The van der Waals surface area contributed by atoms with Crippen LogP contribution in [0.15, 0.2) is 181 Å². The average molecular weight is 682 g/mol. The van der Waals surface area contributed by atoms with E-state index in [0.717, 1.165) is 55.7 Å². The Balaban J connectivity index is 1.03. The van der Waals surface area contributed by atoms with Crippen LogP contribution in [0.25, 0.3) is 65.7 Å². The first-order valence-corrected chi connectivity index (χ1v) is 18.1. The molecule has 3 heterocycles. The van der Waals surface area contributed by atoms with Gasteiger partial charge in [-0.1, -0.05) is 146 Å². The summed E-state index contributed by atoms with van der Waals surface area (Å²) in [5, 5.41) is 10.9. The average Bonchev–Trinajstić information content (AvgIpc) is 3.23. The molecule has 53 heavy (non-hydrogen) atoms. The highest BCUT2D eigenvalue weighted by molar-refractivity contribution is 6.14. The highest BCUT2D eigenvalue weighted by Gasteiger charge is 2.31. The standard InChI is InChI=1S/C48H35N5/c1-53-47(33-12-4-2-5-13-33)51-46(52-48(53)34-14-6-3-7-15-34)43-27-25-32-21-23-37(30-45(32)50-43)42-26-24-31-20-22-36(29-44(31)49-42)41-28-35-16-8-9-17-38(35)39-18-10-11-19-40(39)41/h2-30,47-48H,1H3,(H,51,52). The summed E-state index contributed by atoms with van der Waals surface area (Å²) >= 11 is 0. The van der Waals surface area contributed by atoms with Crippen LogP contribution in [0.2, 0.25) is 0 Å². The molecule has 7 aromatic carbocycles. The van der Waals surface area contributed by atoms with Crippen LogP contribution in [0, 0.1) is 0 Å². The number of aliphatic imine (C=N–C) groups is 1. The second kappa shape index (κ2) is 12.8. The molecule has 2 unspecified atom stereocenters. The molecule has 0 saturated heterocycles. The van der Waals surface area contributed by atoms with E-state index in [1.165, 1.54) is 32.7 Å². The molecule has 2 atom stereocenters. The number of hydrogen-bond donors (Lipinski definition) is 1. The van der Waals surface area contributed by atoms with Crippen molar-refractivity contribution in [3.05, 3.63) is 193 Å². The lowest BCUT2D eigenvalue weighted by atomic mass is 9.93. The van der Waals surface area contributed by atoms with Crippen molar-refractivity contribution in [3.63, 3.8) is 0 Å². The van der Waals surface area contributed by atoms with Gasteiger partial charge in [0.15, 0.2) is 5.84 Å². The third kappa shape index (κ3) is 5.59. The van der Waals surface area contributed by atoms with Gasteiger partial charge in [-0.25, -0.2) is 15.0 Å². The number of benzene rings is 7. The Bertz CT molecular complexity index is 2850. The summed E-state index contributed by atoms with van der Waals surface area (Å²) in [4.78, 5) is 17.9. The van der Waals surface area contributed by atoms with Gasteiger partial charge in [0.25, 0.3) is 0 Å². The predicted octanol–water partition coefficient (Wildman–Crippen LogP) is 11.1. The molecular formula is C48H35N5. The van der Waals surface area contributed by atoms with E-state index in [1.807, 2.05) is 6.07 Å². The summed E-state index contributed by atoms with van der Waals surface area (Å²) in [5.41, 5.74) is 9.28. The minimum absolute atomic E-state index is 0.0722. The van der Waals surface area contributed by atoms with Gasteiger partial charge in [-0.2, -0.15) is 0 Å². The number of rotatable bonds is 5. The predicted molar refractivity (Wildman–Crippen MR) is 219 cm³/mol. The van der Waals surface area contributed by atoms with E-state index >= 15 is 0 Å². The van der Waals surface area contributed by atoms with E-state index in [-0.39, 0.29) is 12.3 Å². The smallest absolute Gasteiger partial charge is 0.150 e. The van der Waals surface area contributed by atoms with Gasteiger partial charge < -0.3 is 5.32 Å². The fourth-order valence-electron chi connectivity index (χ4n) is 7.80. The maximum absolute atomic E-state index is 5.23. The van der Waals surface area contributed by atoms with Crippen molar-refractivity contribution in [1.82, 2.24) is 20.2 Å². The Morgan fingerprint density at radius 1 is 0.472 bits per heavy atom. The van der Waals surface area contributed by atoms with Crippen molar-refractivity contribution in [3.8, 4) is 22.4 Å². The number of nitrogens with one attached hydrogen (secondary N) is 1. The van der Waals surface area contributed by atoms with Crippen LogP contribution in [0.4, 0.5) is 0 Å². The number of amidine groups is 1. The quantitative estimate of drug-likeness (QED) is 0.184. The third-order valence-corrected chi connectivity index (χ3v) is 10.5. The van der Waals surface area contributed by atoms with Crippen LogP contribution < -0.4 is 5.32 Å². The monoisotopic (exact) mass is 681 g/mol. The molecule has 0 amide bonds. The summed E-state index contributed by atoms with van der Waals surface area (Å²) < 4.78 is 0. The highest BCUT2D eigenvalue weighted by Crippen LogP contribution is 2.37. The first kappa shape index (κ1) is 31.1. The van der Waals surface area contributed by atoms with Crippen LogP contribution >= 0.6 is 0 Å². The molecule has 10 rings (SSSR count). The van der Waals surface area contributed by atoms with Crippen molar-refractivity contribution in [2.45, 2.75) is 12.3 Å². The molecule has 0 fully saturated rings. The van der Waals surface area contributed by atoms with Crippen LogP contribution in [-0.2, 0) is 0 Å². The molecule has 9 aromatic rings. The Kier molecular flexibility index (Phi) is 7.52. The van der Waals surface area contributed by atoms with E-state index < -0.39 is 0 Å². The van der Waals surface area contributed by atoms with Gasteiger partial charge in [0.2, 0.25) is 0 Å². The summed E-state index contributed by atoms with van der Waals surface area (Å²) in [5.74, 6) is 0.774. The SMILES string of the molecule is CN1C(c2ccccc2)N=C(c2ccc3ccc(-c4ccc5ccc(-c6cc7ccccc7c7ccccc67)cc5n4)cc3n2)NC1c1ccccc1. The van der Waals surface area contributed by atoms with Crippen LogP contribution in [-0.4, -0.2) is 27.8 Å². The summed E-state index contributed by atoms with van der Waals surface area (Å²) in [7, 11) is 2.12. The molecule has 0 radical (unpaired) electrons. The molecule has 1 aliphatic rings. The molecule has 252 valence electrons. The molecule has 1 N–H and O–H groups in total. The van der Waals surface area contributed by atoms with Crippen molar-refractivity contribution < 1.29 is 0 Å². The van der Waals surface area contributed by atoms with Crippen molar-refractivity contribution in [2.75, 3.05) is 7.05 Å². The van der Waals surface area contributed by atoms with Gasteiger partial charge in [-0.15, -0.1) is 0 Å². The van der Waals surface area contributed by atoms with Gasteiger partial charge >= 0.3 is 0 Å². The van der Waals surface area contributed by atoms with Crippen molar-refractivity contribution in [1.29, 1.82) is 0 Å². The lowest BCUT2D eigenvalue weighted by Gasteiger charge is -2.39. The summed E-state index contributed by atoms with van der Waals surface area (Å²) in [6, 6.07) is 62.1. The fourth-order valence-corrected chi connectivity index (χ4v) is 7.80. The van der Waals surface area contributed by atoms with Gasteiger partial charge in [0.1, 0.15) is 18.0 Å². The van der Waals surface area contributed by atoms with Gasteiger partial charge in [-0.3, -0.25) is 4.90 Å². The molecule has 0 spiro atoms. The Morgan fingerprint density at radius 3 is 1.79 bits per heavy atom. The number of pyridine rings is 2. The largest absolute Gasteiger partial charge is 0.349 e.